The van der Waals surface area contributed by atoms with Gasteiger partial charge < -0.3 is 29.9 Å². The van der Waals surface area contributed by atoms with Crippen molar-refractivity contribution in [3.05, 3.63) is 137 Å². The number of rotatable bonds is 16. The van der Waals surface area contributed by atoms with Crippen molar-refractivity contribution in [3.63, 3.8) is 0 Å². The van der Waals surface area contributed by atoms with E-state index in [4.69, 9.17) is 16.3 Å². The zero-order chi connectivity index (χ0) is 53.1. The highest BCUT2D eigenvalue weighted by atomic mass is 35.5. The van der Waals surface area contributed by atoms with Crippen LogP contribution in [0, 0.1) is 11.3 Å². The van der Waals surface area contributed by atoms with E-state index in [0.717, 1.165) is 65.3 Å². The Hall–Kier alpha value is -5.31. The second-order valence-electron chi connectivity index (χ2n) is 20.4. The zero-order valence-corrected chi connectivity index (χ0v) is 44.6. The molecular weight excluding hydrogens is 1040 g/mol. The van der Waals surface area contributed by atoms with Crippen molar-refractivity contribution in [2.45, 2.75) is 90.8 Å². The number of sulfonamides is 1. The van der Waals surface area contributed by atoms with E-state index in [1.54, 1.807) is 17.0 Å². The lowest BCUT2D eigenvalue weighted by Crippen LogP contribution is -2.62. The maximum Gasteiger partial charge on any atom is 0.501 e. The molecule has 8 rings (SSSR count). The number of piperidine rings is 2. The minimum atomic E-state index is -6.12. The molecule has 2 amide bonds. The summed E-state index contributed by atoms with van der Waals surface area (Å²) >= 11 is 7.55. The highest BCUT2D eigenvalue weighted by Crippen LogP contribution is 2.42. The molecule has 0 unspecified atom stereocenters. The van der Waals surface area contributed by atoms with E-state index in [-0.39, 0.29) is 23.0 Å². The number of nitrogens with zero attached hydrogens (tertiary/aromatic N) is 3. The predicted molar refractivity (Wildman–Crippen MR) is 283 cm³/mol. The van der Waals surface area contributed by atoms with Gasteiger partial charge in [-0.25, -0.2) is 26.4 Å². The van der Waals surface area contributed by atoms with Gasteiger partial charge in [0.05, 0.1) is 16.7 Å². The number of likely N-dealkylation sites (tertiary alicyclic amines) is 2. The number of benzene rings is 5. The topological polar surface area (TPSA) is 166 Å². The molecule has 13 nitrogen and oxygen atoms in total. The van der Waals surface area contributed by atoms with Crippen LogP contribution in [0.25, 0.3) is 11.1 Å². The number of alkyl halides is 3. The molecule has 0 bridgehead atoms. The van der Waals surface area contributed by atoms with Crippen LogP contribution in [0.3, 0.4) is 0 Å². The van der Waals surface area contributed by atoms with Crippen LogP contribution in [-0.2, 0) is 24.6 Å². The smallest absolute Gasteiger partial charge is 0.444 e. The standard InChI is InChI=1S/C54H61ClF3N5O8S3/c1-52(2,3)71-51(66)63-35-53(36-63)26-31-61(32-27-53)28-25-41(34-72-43-9-5-4-6-10-43)59-47-22-21-44(33-48(47)73(67,68)54(56,57)58)74(69,70)60-50(65)39-15-19-42(20-16-39)62-29-23-38(24-30-62)49(64)46-12-8-7-11-45(46)37-13-17-40(55)18-14-37/h4-22,33,38,41,49,59,64H,23-32,34-36H2,1-3H3,(H,60,65)/t41-,49-/m1/s1. The molecule has 3 heterocycles. The second-order valence-corrected chi connectivity index (χ2v) is 25.5. The number of anilines is 2. The van der Waals surface area contributed by atoms with Gasteiger partial charge in [0.2, 0.25) is 0 Å². The molecule has 3 N–H and O–H groups in total. The van der Waals surface area contributed by atoms with Crippen LogP contribution < -0.4 is 14.9 Å². The number of sulfone groups is 1. The first-order chi connectivity index (χ1) is 35.0. The van der Waals surface area contributed by atoms with Gasteiger partial charge in [-0.2, -0.15) is 13.2 Å². The first-order valence-corrected chi connectivity index (χ1v) is 28.9. The van der Waals surface area contributed by atoms with Gasteiger partial charge in [-0.05, 0) is 155 Å². The molecule has 74 heavy (non-hydrogen) atoms. The Morgan fingerprint density at radius 3 is 2.11 bits per heavy atom. The van der Waals surface area contributed by atoms with Crippen molar-refractivity contribution < 1.29 is 49.4 Å². The Morgan fingerprint density at radius 1 is 0.838 bits per heavy atom. The summed E-state index contributed by atoms with van der Waals surface area (Å²) in [4.78, 5) is 30.8. The first kappa shape index (κ1) is 54.9. The number of thioether (sulfide) groups is 1. The highest BCUT2D eigenvalue weighted by molar-refractivity contribution is 7.99. The molecule has 2 atom stereocenters. The molecule has 20 heteroatoms. The number of carbonyl (C=O) groups excluding carboxylic acids is 2. The average molecular weight is 1100 g/mol. The lowest BCUT2D eigenvalue weighted by atomic mass is 9.72. The van der Waals surface area contributed by atoms with Crippen molar-refractivity contribution in [1.29, 1.82) is 0 Å². The maximum absolute atomic E-state index is 14.4. The fourth-order valence-electron chi connectivity index (χ4n) is 9.83. The molecule has 3 aliphatic rings. The van der Waals surface area contributed by atoms with E-state index < -0.39 is 64.5 Å². The molecule has 1 spiro atoms. The number of halogens is 4. The van der Waals surface area contributed by atoms with Crippen molar-refractivity contribution >= 4 is 66.6 Å². The predicted octanol–water partition coefficient (Wildman–Crippen LogP) is 10.7. The number of aliphatic hydroxyl groups is 1. The Labute approximate surface area is 440 Å². The van der Waals surface area contributed by atoms with E-state index in [1.807, 2.05) is 104 Å². The summed E-state index contributed by atoms with van der Waals surface area (Å²) in [6.45, 7) is 9.86. The summed E-state index contributed by atoms with van der Waals surface area (Å²) in [5, 5.41) is 15.2. The molecule has 3 fully saturated rings. The van der Waals surface area contributed by atoms with E-state index in [2.05, 4.69) is 15.1 Å². The number of hydrogen-bond acceptors (Lipinski definition) is 12. The molecule has 3 saturated heterocycles. The van der Waals surface area contributed by atoms with E-state index in [0.29, 0.717) is 68.8 Å². The fourth-order valence-corrected chi connectivity index (χ4v) is 13.0. The van der Waals surface area contributed by atoms with Crippen LogP contribution in [0.2, 0.25) is 5.02 Å². The molecule has 0 radical (unpaired) electrons. The Bertz CT molecular complexity index is 3000. The average Bonchev–Trinajstić information content (AvgIpc) is 3.36. The van der Waals surface area contributed by atoms with Gasteiger partial charge >= 0.3 is 11.6 Å². The van der Waals surface area contributed by atoms with Crippen LogP contribution in [0.5, 0.6) is 0 Å². The third-order valence-corrected chi connectivity index (χ3v) is 18.3. The number of hydrogen-bond donors (Lipinski definition) is 3. The quantitative estimate of drug-likeness (QED) is 0.0802. The van der Waals surface area contributed by atoms with Gasteiger partial charge in [0.15, 0.2) is 0 Å². The number of nitrogens with one attached hydrogen (secondary N) is 2. The van der Waals surface area contributed by atoms with Gasteiger partial charge in [-0.3, -0.25) is 4.79 Å². The summed E-state index contributed by atoms with van der Waals surface area (Å²) in [6.07, 6.45) is 2.37. The summed E-state index contributed by atoms with van der Waals surface area (Å²) < 4.78 is 104. The lowest BCUT2D eigenvalue weighted by Gasteiger charge is -2.53. The molecule has 396 valence electrons. The second kappa shape index (κ2) is 22.5. The molecule has 0 saturated carbocycles. The number of ether oxygens (including phenoxy) is 1. The Balaban J connectivity index is 0.914. The van der Waals surface area contributed by atoms with Crippen molar-refractivity contribution in [2.75, 3.05) is 61.8 Å². The summed E-state index contributed by atoms with van der Waals surface area (Å²) in [6, 6.07) is 32.5. The summed E-state index contributed by atoms with van der Waals surface area (Å²) in [5.41, 5.74) is -3.42. The Kier molecular flexibility index (Phi) is 16.7. The van der Waals surface area contributed by atoms with Crippen LogP contribution in [0.4, 0.5) is 29.3 Å². The fraction of sp³-hybridized carbons (Fsp3) is 0.407. The normalized spacial score (nSPS) is 17.6. The van der Waals surface area contributed by atoms with Crippen LogP contribution in [-0.4, -0.2) is 112 Å². The third kappa shape index (κ3) is 13.2. The maximum atomic E-state index is 14.4. The van der Waals surface area contributed by atoms with Gasteiger partial charge in [0, 0.05) is 71.1 Å². The van der Waals surface area contributed by atoms with E-state index >= 15 is 0 Å². The van der Waals surface area contributed by atoms with Crippen molar-refractivity contribution in [3.8, 4) is 11.1 Å². The Morgan fingerprint density at radius 2 is 1.47 bits per heavy atom. The summed E-state index contributed by atoms with van der Waals surface area (Å²) in [7, 11) is -11.0. The molecule has 0 aliphatic carbocycles. The summed E-state index contributed by atoms with van der Waals surface area (Å²) in [5.74, 6) is -0.769. The molecule has 0 aromatic heterocycles. The van der Waals surface area contributed by atoms with Crippen molar-refractivity contribution in [2.24, 2.45) is 11.3 Å². The van der Waals surface area contributed by atoms with Crippen LogP contribution in [0.1, 0.15) is 74.9 Å². The lowest BCUT2D eigenvalue weighted by molar-refractivity contribution is -0.0593. The number of aliphatic hydroxyl groups excluding tert-OH is 1. The number of carbonyl (C=O) groups is 2. The van der Waals surface area contributed by atoms with E-state index in [1.165, 1.54) is 23.9 Å². The monoisotopic (exact) mass is 1100 g/mol. The molecule has 5 aromatic carbocycles. The van der Waals surface area contributed by atoms with E-state index in [9.17, 15) is 44.7 Å². The minimum absolute atomic E-state index is 0.0125. The van der Waals surface area contributed by atoms with Gasteiger partial charge in [0.1, 0.15) is 10.5 Å². The first-order valence-electron chi connectivity index (χ1n) is 24.5. The largest absolute Gasteiger partial charge is 0.501 e. The van der Waals surface area contributed by atoms with Gasteiger partial charge in [-0.1, -0.05) is 66.2 Å². The third-order valence-electron chi connectivity index (χ3n) is 14.0. The van der Waals surface area contributed by atoms with Crippen LogP contribution in [0.15, 0.2) is 136 Å². The minimum Gasteiger partial charge on any atom is -0.444 e. The molecular formula is C54H61ClF3N5O8S3. The highest BCUT2D eigenvalue weighted by Gasteiger charge is 2.49. The SMILES string of the molecule is CC(C)(C)OC(=O)N1CC2(CCN(CC[C@H](CSc3ccccc3)Nc3ccc(S(=O)(=O)NC(=O)c4ccc(N5CCC([C@@H](O)c6ccccc6-c6ccc(Cl)cc6)CC5)cc4)cc3S(=O)(=O)C(F)(F)F)CC2)C1. The van der Waals surface area contributed by atoms with Crippen LogP contribution >= 0.6 is 23.4 Å². The van der Waals surface area contributed by atoms with Gasteiger partial charge in [0.25, 0.3) is 25.8 Å². The molecule has 3 aliphatic heterocycles. The van der Waals surface area contributed by atoms with Crippen molar-refractivity contribution in [1.82, 2.24) is 14.5 Å². The molecule has 5 aromatic rings. The van der Waals surface area contributed by atoms with Gasteiger partial charge in [-0.15, -0.1) is 11.8 Å². The number of amides is 2. The zero-order valence-electron chi connectivity index (χ0n) is 41.4.